The molecule has 7 heteroatoms. The SMILES string of the molecule is COC(=O)C1=Cc2c(cnn2COCC[Si](C)(C)C)OC1. The Kier molecular flexibility index (Phi) is 4.84. The Morgan fingerprint density at radius 1 is 1.48 bits per heavy atom. The highest BCUT2D eigenvalue weighted by atomic mass is 28.3. The number of hydrogen-bond donors (Lipinski definition) is 0. The van der Waals surface area contributed by atoms with Crippen LogP contribution in [0.4, 0.5) is 0 Å². The van der Waals surface area contributed by atoms with Crippen LogP contribution in [-0.4, -0.2) is 44.1 Å². The molecule has 1 aliphatic heterocycles. The third-order valence-corrected chi connectivity index (χ3v) is 4.90. The summed E-state index contributed by atoms with van der Waals surface area (Å²) in [5.41, 5.74) is 1.23. The summed E-state index contributed by atoms with van der Waals surface area (Å²) in [6, 6.07) is 1.11. The van der Waals surface area contributed by atoms with Crippen LogP contribution >= 0.6 is 0 Å². The zero-order valence-electron chi connectivity index (χ0n) is 13.0. The van der Waals surface area contributed by atoms with E-state index in [-0.39, 0.29) is 12.6 Å². The van der Waals surface area contributed by atoms with Gasteiger partial charge >= 0.3 is 5.97 Å². The van der Waals surface area contributed by atoms with Crippen LogP contribution in [0.2, 0.25) is 25.7 Å². The molecule has 0 aliphatic carbocycles. The molecule has 1 aromatic heterocycles. The van der Waals surface area contributed by atoms with Crippen LogP contribution in [0.5, 0.6) is 5.75 Å². The third kappa shape index (κ3) is 4.18. The van der Waals surface area contributed by atoms with E-state index in [0.717, 1.165) is 18.3 Å². The number of hydrogen-bond acceptors (Lipinski definition) is 5. The lowest BCUT2D eigenvalue weighted by atomic mass is 10.2. The van der Waals surface area contributed by atoms with Gasteiger partial charge in [0.1, 0.15) is 19.0 Å². The van der Waals surface area contributed by atoms with E-state index < -0.39 is 8.07 Å². The summed E-state index contributed by atoms with van der Waals surface area (Å²) in [6.45, 7) is 8.22. The molecule has 6 nitrogen and oxygen atoms in total. The summed E-state index contributed by atoms with van der Waals surface area (Å²) in [5, 5.41) is 4.23. The number of ether oxygens (including phenoxy) is 3. The van der Waals surface area contributed by atoms with Gasteiger partial charge in [-0.2, -0.15) is 5.10 Å². The van der Waals surface area contributed by atoms with Crippen molar-refractivity contribution >= 4 is 20.1 Å². The van der Waals surface area contributed by atoms with E-state index in [1.165, 1.54) is 7.11 Å². The summed E-state index contributed by atoms with van der Waals surface area (Å²) in [7, 11) is 0.266. The molecule has 116 valence electrons. The molecule has 2 heterocycles. The van der Waals surface area contributed by atoms with Crippen LogP contribution in [0.3, 0.4) is 0 Å². The Bertz CT molecular complexity index is 546. The number of carbonyl (C=O) groups is 1. The molecular weight excluding hydrogens is 288 g/mol. The maximum Gasteiger partial charge on any atom is 0.337 e. The second-order valence-electron chi connectivity index (χ2n) is 6.19. The number of esters is 1. The van der Waals surface area contributed by atoms with E-state index in [2.05, 4.69) is 24.7 Å². The number of nitrogens with zero attached hydrogens (tertiary/aromatic N) is 2. The largest absolute Gasteiger partial charge is 0.485 e. The molecule has 1 aliphatic rings. The Morgan fingerprint density at radius 3 is 2.90 bits per heavy atom. The summed E-state index contributed by atoms with van der Waals surface area (Å²) in [6.07, 6.45) is 3.39. The molecule has 0 saturated carbocycles. The van der Waals surface area contributed by atoms with Crippen molar-refractivity contribution in [1.82, 2.24) is 9.78 Å². The molecule has 0 spiro atoms. The normalized spacial score (nSPS) is 14.2. The maximum atomic E-state index is 11.6. The summed E-state index contributed by atoms with van der Waals surface area (Å²) in [5.74, 6) is 0.282. The van der Waals surface area contributed by atoms with Crippen LogP contribution < -0.4 is 4.74 Å². The van der Waals surface area contributed by atoms with Crippen LogP contribution in [0.25, 0.3) is 6.08 Å². The van der Waals surface area contributed by atoms with Gasteiger partial charge in [0.05, 0.1) is 18.9 Å². The van der Waals surface area contributed by atoms with E-state index in [1.54, 1.807) is 17.0 Å². The van der Waals surface area contributed by atoms with Gasteiger partial charge in [-0.15, -0.1) is 0 Å². The lowest BCUT2D eigenvalue weighted by Gasteiger charge is -2.17. The topological polar surface area (TPSA) is 62.6 Å². The Morgan fingerprint density at radius 2 is 2.24 bits per heavy atom. The highest BCUT2D eigenvalue weighted by molar-refractivity contribution is 6.76. The van der Waals surface area contributed by atoms with Crippen LogP contribution in [0, 0.1) is 0 Å². The van der Waals surface area contributed by atoms with Crippen molar-refractivity contribution in [2.45, 2.75) is 32.4 Å². The van der Waals surface area contributed by atoms with E-state index in [9.17, 15) is 4.79 Å². The average Bonchev–Trinajstić information content (AvgIpc) is 2.84. The molecule has 0 unspecified atom stereocenters. The van der Waals surface area contributed by atoms with Crippen LogP contribution in [-0.2, 0) is 21.0 Å². The average molecular weight is 310 g/mol. The van der Waals surface area contributed by atoms with E-state index in [1.807, 2.05) is 0 Å². The Hall–Kier alpha value is -1.60. The second-order valence-corrected chi connectivity index (χ2v) is 11.8. The molecule has 0 aromatic carbocycles. The number of aromatic nitrogens is 2. The molecule has 1 aromatic rings. The van der Waals surface area contributed by atoms with E-state index in [4.69, 9.17) is 14.2 Å². The fourth-order valence-corrected chi connectivity index (χ4v) is 2.63. The van der Waals surface area contributed by atoms with Gasteiger partial charge in [-0.05, 0) is 12.1 Å². The standard InChI is InChI=1S/C14H22N2O4Si/c1-18-14(17)11-7-12-13(20-9-11)8-15-16(12)10-19-5-6-21(2,3)4/h7-8H,5-6,9-10H2,1-4H3. The highest BCUT2D eigenvalue weighted by Gasteiger charge is 2.21. The van der Waals surface area contributed by atoms with Crippen molar-refractivity contribution in [3.63, 3.8) is 0 Å². The number of carbonyl (C=O) groups excluding carboxylic acids is 1. The summed E-state index contributed by atoms with van der Waals surface area (Å²) < 4.78 is 17.6. The minimum atomic E-state index is -1.09. The van der Waals surface area contributed by atoms with E-state index in [0.29, 0.717) is 18.1 Å². The smallest absolute Gasteiger partial charge is 0.337 e. The Labute approximate surface area is 125 Å². The molecule has 0 bridgehead atoms. The van der Waals surface area contributed by atoms with Crippen molar-refractivity contribution < 1.29 is 19.0 Å². The molecule has 0 saturated heterocycles. The third-order valence-electron chi connectivity index (χ3n) is 3.20. The second kappa shape index (κ2) is 6.44. The molecule has 0 fully saturated rings. The van der Waals surface area contributed by atoms with Crippen molar-refractivity contribution in [3.8, 4) is 5.75 Å². The first kappa shape index (κ1) is 15.8. The predicted octanol–water partition coefficient (Wildman–Crippen LogP) is 2.14. The molecule has 21 heavy (non-hydrogen) atoms. The molecule has 0 atom stereocenters. The molecule has 2 rings (SSSR count). The first-order chi connectivity index (χ1) is 9.90. The molecular formula is C14H22N2O4Si. The quantitative estimate of drug-likeness (QED) is 0.458. The van der Waals surface area contributed by atoms with Gasteiger partial charge < -0.3 is 14.2 Å². The van der Waals surface area contributed by atoms with Crippen LogP contribution in [0.1, 0.15) is 5.69 Å². The van der Waals surface area contributed by atoms with Gasteiger partial charge in [0.15, 0.2) is 5.75 Å². The summed E-state index contributed by atoms with van der Waals surface area (Å²) in [4.78, 5) is 11.6. The van der Waals surface area contributed by atoms with Gasteiger partial charge in [-0.3, -0.25) is 0 Å². The van der Waals surface area contributed by atoms with Crippen molar-refractivity contribution in [2.75, 3.05) is 20.3 Å². The fraction of sp³-hybridized carbons (Fsp3) is 0.571. The number of fused-ring (bicyclic) bond motifs is 1. The highest BCUT2D eigenvalue weighted by Crippen LogP contribution is 2.26. The predicted molar refractivity (Wildman–Crippen MR) is 81.8 cm³/mol. The van der Waals surface area contributed by atoms with Crippen molar-refractivity contribution in [1.29, 1.82) is 0 Å². The minimum absolute atomic E-state index is 0.210. The zero-order valence-corrected chi connectivity index (χ0v) is 14.0. The summed E-state index contributed by atoms with van der Waals surface area (Å²) >= 11 is 0. The van der Waals surface area contributed by atoms with Gasteiger partial charge in [0, 0.05) is 14.7 Å². The van der Waals surface area contributed by atoms with E-state index >= 15 is 0 Å². The Balaban J connectivity index is 2.00. The van der Waals surface area contributed by atoms with Crippen LogP contribution in [0.15, 0.2) is 11.8 Å². The van der Waals surface area contributed by atoms with Gasteiger partial charge in [0.25, 0.3) is 0 Å². The van der Waals surface area contributed by atoms with Gasteiger partial charge in [-0.25, -0.2) is 9.48 Å². The monoisotopic (exact) mass is 310 g/mol. The zero-order chi connectivity index (χ0) is 15.5. The first-order valence-electron chi connectivity index (χ1n) is 6.96. The molecule has 0 radical (unpaired) electrons. The van der Waals surface area contributed by atoms with Crippen molar-refractivity contribution in [2.24, 2.45) is 0 Å². The lowest BCUT2D eigenvalue weighted by molar-refractivity contribution is -0.136. The maximum absolute atomic E-state index is 11.6. The minimum Gasteiger partial charge on any atom is -0.485 e. The lowest BCUT2D eigenvalue weighted by Crippen LogP contribution is -2.22. The molecule has 0 N–H and O–H groups in total. The fourth-order valence-electron chi connectivity index (χ4n) is 1.88. The molecule has 0 amide bonds. The first-order valence-corrected chi connectivity index (χ1v) is 10.7. The number of rotatable bonds is 6. The van der Waals surface area contributed by atoms with Crippen molar-refractivity contribution in [3.05, 3.63) is 17.5 Å². The number of methoxy groups -OCH3 is 1. The van der Waals surface area contributed by atoms with Gasteiger partial charge in [0.2, 0.25) is 0 Å². The van der Waals surface area contributed by atoms with Gasteiger partial charge in [-0.1, -0.05) is 19.6 Å².